The number of carboxylic acid groups (broad SMARTS) is 1. The van der Waals surface area contributed by atoms with E-state index in [2.05, 4.69) is 16.0 Å². The van der Waals surface area contributed by atoms with Gasteiger partial charge < -0.3 is 25.8 Å². The molecule has 0 unspecified atom stereocenters. The number of carbonyl (C=O) groups excluding carboxylic acids is 3. The van der Waals surface area contributed by atoms with Gasteiger partial charge >= 0.3 is 12.1 Å². The van der Waals surface area contributed by atoms with Crippen LogP contribution in [0.1, 0.15) is 33.6 Å². The second-order valence-electron chi connectivity index (χ2n) is 5.53. The number of nitrogens with one attached hydrogen (secondary N) is 3. The SMILES string of the molecule is CC(C)(C)OC(=O)NCC(=O)N[C@@H](CCCNC=O)C(=O)O. The summed E-state index contributed by atoms with van der Waals surface area (Å²) in [7, 11) is 0. The van der Waals surface area contributed by atoms with Gasteiger partial charge in [-0.3, -0.25) is 9.59 Å². The molecule has 0 fully saturated rings. The van der Waals surface area contributed by atoms with Crippen molar-refractivity contribution in [3.8, 4) is 0 Å². The number of amides is 3. The number of carboxylic acids is 1. The Hall–Kier alpha value is -2.32. The van der Waals surface area contributed by atoms with Crippen LogP contribution in [0.2, 0.25) is 0 Å². The molecule has 0 heterocycles. The monoisotopic (exact) mass is 317 g/mol. The first kappa shape index (κ1) is 19.7. The zero-order valence-corrected chi connectivity index (χ0v) is 13.0. The fraction of sp³-hybridized carbons (Fsp3) is 0.692. The molecule has 4 N–H and O–H groups in total. The largest absolute Gasteiger partial charge is 0.480 e. The first-order chi connectivity index (χ1) is 10.2. The molecule has 0 saturated carbocycles. The molecule has 0 aromatic carbocycles. The lowest BCUT2D eigenvalue weighted by molar-refractivity contribution is -0.141. The molecule has 0 bridgehead atoms. The highest BCUT2D eigenvalue weighted by atomic mass is 16.6. The minimum atomic E-state index is -1.18. The summed E-state index contributed by atoms with van der Waals surface area (Å²) in [5.41, 5.74) is -0.685. The fourth-order valence-electron chi connectivity index (χ4n) is 1.44. The predicted molar refractivity (Wildman–Crippen MR) is 77.1 cm³/mol. The summed E-state index contributed by atoms with van der Waals surface area (Å²) in [5.74, 6) is -1.82. The van der Waals surface area contributed by atoms with Crippen molar-refractivity contribution in [2.45, 2.75) is 45.3 Å². The Bertz CT molecular complexity index is 405. The van der Waals surface area contributed by atoms with Crippen LogP contribution in [0.5, 0.6) is 0 Å². The van der Waals surface area contributed by atoms with Crippen LogP contribution in [-0.2, 0) is 19.1 Å². The second kappa shape index (κ2) is 9.59. The molecule has 0 radical (unpaired) electrons. The highest BCUT2D eigenvalue weighted by Crippen LogP contribution is 2.06. The van der Waals surface area contributed by atoms with Gasteiger partial charge in [-0.15, -0.1) is 0 Å². The molecular formula is C13H23N3O6. The van der Waals surface area contributed by atoms with E-state index < -0.39 is 29.6 Å². The Labute approximate surface area is 128 Å². The van der Waals surface area contributed by atoms with E-state index in [1.165, 1.54) is 0 Å². The van der Waals surface area contributed by atoms with Crippen molar-refractivity contribution < 1.29 is 29.0 Å². The van der Waals surface area contributed by atoms with Crippen molar-refractivity contribution in [3.05, 3.63) is 0 Å². The number of alkyl carbamates (subject to hydrolysis) is 1. The van der Waals surface area contributed by atoms with Gasteiger partial charge in [-0.05, 0) is 33.6 Å². The maximum atomic E-state index is 11.6. The van der Waals surface area contributed by atoms with Crippen LogP contribution in [0.3, 0.4) is 0 Å². The normalized spacial score (nSPS) is 12.0. The van der Waals surface area contributed by atoms with Crippen LogP contribution in [0, 0.1) is 0 Å². The molecule has 0 rings (SSSR count). The van der Waals surface area contributed by atoms with E-state index in [1.807, 2.05) is 0 Å². The summed E-state index contributed by atoms with van der Waals surface area (Å²) in [6.45, 7) is 4.98. The van der Waals surface area contributed by atoms with Gasteiger partial charge in [-0.2, -0.15) is 0 Å². The summed E-state index contributed by atoms with van der Waals surface area (Å²) in [6.07, 6.45) is 0.313. The Morgan fingerprint density at radius 2 is 1.91 bits per heavy atom. The van der Waals surface area contributed by atoms with Gasteiger partial charge in [0.05, 0.1) is 0 Å². The van der Waals surface area contributed by atoms with Crippen LogP contribution in [-0.4, -0.2) is 54.2 Å². The highest BCUT2D eigenvalue weighted by Gasteiger charge is 2.21. The van der Waals surface area contributed by atoms with Crippen molar-refractivity contribution in [1.82, 2.24) is 16.0 Å². The zero-order valence-electron chi connectivity index (χ0n) is 13.0. The first-order valence-electron chi connectivity index (χ1n) is 6.81. The number of ether oxygens (including phenoxy) is 1. The molecular weight excluding hydrogens is 294 g/mol. The number of aliphatic carboxylic acids is 1. The van der Waals surface area contributed by atoms with Gasteiger partial charge in [-0.1, -0.05) is 0 Å². The lowest BCUT2D eigenvalue weighted by Crippen LogP contribution is -2.46. The van der Waals surface area contributed by atoms with Crippen LogP contribution in [0.25, 0.3) is 0 Å². The van der Waals surface area contributed by atoms with E-state index in [9.17, 15) is 19.2 Å². The second-order valence-corrected chi connectivity index (χ2v) is 5.53. The van der Waals surface area contributed by atoms with Gasteiger partial charge in [-0.25, -0.2) is 9.59 Å². The van der Waals surface area contributed by atoms with Crippen LogP contribution in [0.4, 0.5) is 4.79 Å². The number of hydrogen-bond acceptors (Lipinski definition) is 5. The fourth-order valence-corrected chi connectivity index (χ4v) is 1.44. The molecule has 3 amide bonds. The molecule has 0 spiro atoms. The molecule has 22 heavy (non-hydrogen) atoms. The number of carbonyl (C=O) groups is 4. The molecule has 1 atom stereocenters. The summed E-state index contributed by atoms with van der Waals surface area (Å²) in [6, 6.07) is -1.08. The minimum absolute atomic E-state index is 0.161. The van der Waals surface area contributed by atoms with Crippen molar-refractivity contribution in [2.24, 2.45) is 0 Å². The van der Waals surface area contributed by atoms with E-state index in [1.54, 1.807) is 20.8 Å². The number of rotatable bonds is 9. The van der Waals surface area contributed by atoms with Gasteiger partial charge in [0.1, 0.15) is 18.2 Å². The maximum Gasteiger partial charge on any atom is 0.408 e. The van der Waals surface area contributed by atoms with E-state index in [0.29, 0.717) is 19.4 Å². The molecule has 0 saturated heterocycles. The molecule has 0 aliphatic carbocycles. The molecule has 9 nitrogen and oxygen atoms in total. The van der Waals surface area contributed by atoms with E-state index >= 15 is 0 Å². The van der Waals surface area contributed by atoms with Gasteiger partial charge in [0, 0.05) is 6.54 Å². The van der Waals surface area contributed by atoms with Crippen molar-refractivity contribution in [1.29, 1.82) is 0 Å². The molecule has 0 aromatic rings. The minimum Gasteiger partial charge on any atom is -0.480 e. The summed E-state index contributed by atoms with van der Waals surface area (Å²) in [5, 5.41) is 15.9. The third kappa shape index (κ3) is 10.5. The van der Waals surface area contributed by atoms with Gasteiger partial charge in [0.25, 0.3) is 0 Å². The van der Waals surface area contributed by atoms with E-state index in [-0.39, 0.29) is 13.0 Å². The lowest BCUT2D eigenvalue weighted by atomic mass is 10.1. The zero-order chi connectivity index (χ0) is 17.2. The third-order valence-corrected chi connectivity index (χ3v) is 2.32. The molecule has 0 aliphatic rings. The van der Waals surface area contributed by atoms with Gasteiger partial charge in [0.15, 0.2) is 0 Å². The van der Waals surface area contributed by atoms with Crippen molar-refractivity contribution in [2.75, 3.05) is 13.1 Å². The molecule has 9 heteroatoms. The van der Waals surface area contributed by atoms with Crippen LogP contribution >= 0.6 is 0 Å². The van der Waals surface area contributed by atoms with E-state index in [0.717, 1.165) is 0 Å². The third-order valence-electron chi connectivity index (χ3n) is 2.32. The smallest absolute Gasteiger partial charge is 0.408 e. The Kier molecular flexibility index (Phi) is 8.58. The number of hydrogen-bond donors (Lipinski definition) is 4. The Balaban J connectivity index is 4.15. The lowest BCUT2D eigenvalue weighted by Gasteiger charge is -2.20. The van der Waals surface area contributed by atoms with Crippen molar-refractivity contribution >= 4 is 24.4 Å². The summed E-state index contributed by atoms with van der Waals surface area (Å²) in [4.78, 5) is 44.0. The molecule has 0 aromatic heterocycles. The van der Waals surface area contributed by atoms with Crippen LogP contribution < -0.4 is 16.0 Å². The summed E-state index contributed by atoms with van der Waals surface area (Å²) < 4.78 is 4.94. The average molecular weight is 317 g/mol. The Morgan fingerprint density at radius 3 is 2.41 bits per heavy atom. The van der Waals surface area contributed by atoms with Crippen molar-refractivity contribution in [3.63, 3.8) is 0 Å². The standard InChI is InChI=1S/C13H23N3O6/c1-13(2,3)22-12(21)15-7-10(18)16-9(11(19)20)5-4-6-14-8-17/h8-9H,4-7H2,1-3H3,(H,14,17)(H,15,21)(H,16,18)(H,19,20)/t9-/m0/s1. The van der Waals surface area contributed by atoms with E-state index in [4.69, 9.17) is 9.84 Å². The maximum absolute atomic E-state index is 11.6. The summed E-state index contributed by atoms with van der Waals surface area (Å²) >= 11 is 0. The highest BCUT2D eigenvalue weighted by molar-refractivity contribution is 5.86. The topological polar surface area (TPSA) is 134 Å². The van der Waals surface area contributed by atoms with Gasteiger partial charge in [0.2, 0.25) is 12.3 Å². The van der Waals surface area contributed by atoms with Crippen LogP contribution in [0.15, 0.2) is 0 Å². The Morgan fingerprint density at radius 1 is 1.27 bits per heavy atom. The molecule has 0 aliphatic heterocycles. The first-order valence-corrected chi connectivity index (χ1v) is 6.81. The quantitative estimate of drug-likeness (QED) is 0.338. The molecule has 126 valence electrons. The average Bonchev–Trinajstić information content (AvgIpc) is 2.37. The predicted octanol–water partition coefficient (Wildman–Crippen LogP) is -0.393.